The van der Waals surface area contributed by atoms with Crippen LogP contribution in [0.15, 0.2) is 30.6 Å². The van der Waals surface area contributed by atoms with Crippen molar-refractivity contribution >= 4 is 39.8 Å². The summed E-state index contributed by atoms with van der Waals surface area (Å²) in [6, 6.07) is 3.18. The number of aromatic nitrogens is 2. The zero-order valence-corrected chi connectivity index (χ0v) is 18.7. The highest BCUT2D eigenvalue weighted by Crippen LogP contribution is 2.39. The maximum atomic E-state index is 15.0. The van der Waals surface area contributed by atoms with Crippen LogP contribution in [0.25, 0.3) is 10.9 Å². The Morgan fingerprint density at radius 2 is 1.97 bits per heavy atom. The van der Waals surface area contributed by atoms with Gasteiger partial charge in [-0.15, -0.1) is 0 Å². The van der Waals surface area contributed by atoms with Gasteiger partial charge in [-0.05, 0) is 25.8 Å². The first-order chi connectivity index (χ1) is 16.4. The van der Waals surface area contributed by atoms with Gasteiger partial charge in [0.05, 0.1) is 53.6 Å². The van der Waals surface area contributed by atoms with Crippen LogP contribution in [0.4, 0.5) is 31.7 Å². The molecule has 2 N–H and O–H groups in total. The number of morpholine rings is 1. The minimum Gasteiger partial charge on any atom is -0.480 e. The Morgan fingerprint density at radius 3 is 2.74 bits per heavy atom. The van der Waals surface area contributed by atoms with Crippen LogP contribution in [0.5, 0.6) is 0 Å². The topological polar surface area (TPSA) is 90.8 Å². The van der Waals surface area contributed by atoms with Crippen molar-refractivity contribution in [2.45, 2.75) is 25.8 Å². The Labute approximate surface area is 195 Å². The van der Waals surface area contributed by atoms with Crippen LogP contribution in [-0.4, -0.2) is 59.9 Å². The number of carboxylic acid groups (broad SMARTS) is 1. The van der Waals surface area contributed by atoms with Crippen LogP contribution in [0.2, 0.25) is 0 Å². The normalized spacial score (nSPS) is 18.5. The number of rotatable bonds is 5. The Kier molecular flexibility index (Phi) is 5.91. The minimum absolute atomic E-state index is 0.119. The second-order valence-electron chi connectivity index (χ2n) is 8.56. The number of aliphatic carboxylic acids is 1. The number of nitrogens with zero attached hydrogens (tertiary/aromatic N) is 4. The number of carboxylic acids is 1. The van der Waals surface area contributed by atoms with E-state index in [0.29, 0.717) is 55.4 Å². The molecule has 8 nitrogen and oxygen atoms in total. The first-order valence-corrected chi connectivity index (χ1v) is 11.3. The second kappa shape index (κ2) is 9.02. The molecule has 4 heterocycles. The molecule has 2 fully saturated rings. The number of nitrogens with one attached hydrogen (secondary N) is 1. The van der Waals surface area contributed by atoms with E-state index in [-0.39, 0.29) is 10.9 Å². The van der Waals surface area contributed by atoms with Crippen molar-refractivity contribution in [1.29, 1.82) is 0 Å². The van der Waals surface area contributed by atoms with Crippen LogP contribution in [-0.2, 0) is 9.53 Å². The summed E-state index contributed by atoms with van der Waals surface area (Å²) in [6.07, 6.45) is 4.58. The quantitative estimate of drug-likeness (QED) is 0.583. The summed E-state index contributed by atoms with van der Waals surface area (Å²) in [5.41, 5.74) is 2.65. The summed E-state index contributed by atoms with van der Waals surface area (Å²) in [5.74, 6) is -2.03. The van der Waals surface area contributed by atoms with Crippen molar-refractivity contribution in [3.63, 3.8) is 0 Å². The van der Waals surface area contributed by atoms with Crippen molar-refractivity contribution in [3.05, 3.63) is 47.8 Å². The first kappa shape index (κ1) is 22.3. The van der Waals surface area contributed by atoms with Gasteiger partial charge in [0.15, 0.2) is 0 Å². The van der Waals surface area contributed by atoms with Crippen LogP contribution in [0, 0.1) is 18.6 Å². The van der Waals surface area contributed by atoms with Gasteiger partial charge in [0.1, 0.15) is 23.5 Å². The molecule has 2 aromatic heterocycles. The number of benzene rings is 1. The van der Waals surface area contributed by atoms with E-state index >= 15 is 4.39 Å². The summed E-state index contributed by atoms with van der Waals surface area (Å²) in [7, 11) is 0. The zero-order chi connectivity index (χ0) is 23.8. The zero-order valence-electron chi connectivity index (χ0n) is 18.7. The van der Waals surface area contributed by atoms with Crippen molar-refractivity contribution in [2.75, 3.05) is 48.0 Å². The van der Waals surface area contributed by atoms with Crippen LogP contribution in [0.1, 0.15) is 18.4 Å². The number of hydrogen-bond acceptors (Lipinski definition) is 7. The Balaban J connectivity index is 1.61. The lowest BCUT2D eigenvalue weighted by atomic mass is 10.1. The third-order valence-corrected chi connectivity index (χ3v) is 6.40. The first-order valence-electron chi connectivity index (χ1n) is 11.3. The molecule has 0 radical (unpaired) electrons. The largest absolute Gasteiger partial charge is 0.480 e. The van der Waals surface area contributed by atoms with E-state index in [1.54, 1.807) is 24.2 Å². The molecule has 0 bridgehead atoms. The number of anilines is 4. The predicted octanol–water partition coefficient (Wildman–Crippen LogP) is 3.85. The van der Waals surface area contributed by atoms with E-state index in [2.05, 4.69) is 20.2 Å². The van der Waals surface area contributed by atoms with E-state index < -0.39 is 23.6 Å². The lowest BCUT2D eigenvalue weighted by molar-refractivity contribution is -0.138. The maximum Gasteiger partial charge on any atom is 0.326 e. The molecule has 10 heteroatoms. The SMILES string of the molecule is Cc1c(N2CCCC2C(=O)O)nc2cc(F)cc(F)c2c1Nc1cncc(N2CCOCC2)c1. The summed E-state index contributed by atoms with van der Waals surface area (Å²) >= 11 is 0. The summed E-state index contributed by atoms with van der Waals surface area (Å²) < 4.78 is 34.5. The minimum atomic E-state index is -0.943. The Bertz CT molecular complexity index is 1250. The van der Waals surface area contributed by atoms with Gasteiger partial charge in [-0.1, -0.05) is 0 Å². The molecule has 3 aromatic rings. The van der Waals surface area contributed by atoms with E-state index in [9.17, 15) is 14.3 Å². The van der Waals surface area contributed by atoms with E-state index in [4.69, 9.17) is 4.74 Å². The maximum absolute atomic E-state index is 15.0. The van der Waals surface area contributed by atoms with Crippen molar-refractivity contribution in [3.8, 4) is 0 Å². The molecule has 1 unspecified atom stereocenters. The number of carbonyl (C=O) groups is 1. The lowest BCUT2D eigenvalue weighted by Crippen LogP contribution is -2.37. The summed E-state index contributed by atoms with van der Waals surface area (Å²) in [6.45, 7) is 5.02. The Morgan fingerprint density at radius 1 is 1.18 bits per heavy atom. The molecule has 2 saturated heterocycles. The fraction of sp³-hybridized carbons (Fsp3) is 0.375. The average molecular weight is 469 g/mol. The number of pyridine rings is 2. The van der Waals surface area contributed by atoms with Gasteiger partial charge in [0.2, 0.25) is 0 Å². The Hall–Kier alpha value is -3.53. The second-order valence-corrected chi connectivity index (χ2v) is 8.56. The number of fused-ring (bicyclic) bond motifs is 1. The van der Waals surface area contributed by atoms with E-state index in [1.165, 1.54) is 6.07 Å². The van der Waals surface area contributed by atoms with Gasteiger partial charge >= 0.3 is 5.97 Å². The third-order valence-electron chi connectivity index (χ3n) is 6.40. The van der Waals surface area contributed by atoms with Gasteiger partial charge in [-0.25, -0.2) is 18.6 Å². The van der Waals surface area contributed by atoms with Gasteiger partial charge in [-0.2, -0.15) is 0 Å². The molecule has 1 aromatic carbocycles. The number of halogens is 2. The van der Waals surface area contributed by atoms with E-state index in [1.807, 2.05) is 6.07 Å². The molecule has 0 saturated carbocycles. The predicted molar refractivity (Wildman–Crippen MR) is 125 cm³/mol. The smallest absolute Gasteiger partial charge is 0.326 e. The summed E-state index contributed by atoms with van der Waals surface area (Å²) in [4.78, 5) is 24.5. The highest BCUT2D eigenvalue weighted by atomic mass is 19.1. The van der Waals surface area contributed by atoms with Crippen LogP contribution < -0.4 is 15.1 Å². The fourth-order valence-corrected chi connectivity index (χ4v) is 4.74. The van der Waals surface area contributed by atoms with Gasteiger partial charge < -0.3 is 25.0 Å². The number of hydrogen-bond donors (Lipinski definition) is 2. The monoisotopic (exact) mass is 469 g/mol. The molecule has 0 amide bonds. The lowest BCUT2D eigenvalue weighted by Gasteiger charge is -2.29. The molecule has 5 rings (SSSR count). The van der Waals surface area contributed by atoms with Crippen molar-refractivity contribution in [1.82, 2.24) is 9.97 Å². The van der Waals surface area contributed by atoms with E-state index in [0.717, 1.165) is 24.8 Å². The molecule has 0 spiro atoms. The molecular weight excluding hydrogens is 444 g/mol. The van der Waals surface area contributed by atoms with Crippen molar-refractivity contribution < 1.29 is 23.4 Å². The third kappa shape index (κ3) is 4.09. The van der Waals surface area contributed by atoms with Gasteiger partial charge in [0.25, 0.3) is 0 Å². The molecule has 1 atom stereocenters. The highest BCUT2D eigenvalue weighted by Gasteiger charge is 2.33. The van der Waals surface area contributed by atoms with Crippen LogP contribution in [0.3, 0.4) is 0 Å². The van der Waals surface area contributed by atoms with Gasteiger partial charge in [0, 0.05) is 37.3 Å². The summed E-state index contributed by atoms with van der Waals surface area (Å²) in [5, 5.41) is 13.1. The highest BCUT2D eigenvalue weighted by molar-refractivity contribution is 5.98. The standard InChI is InChI=1S/C24H25F2N5O3/c1-14-22(28-16-11-17(13-27-12-16)30-5-7-34-8-6-30)21-18(26)9-15(25)10-19(21)29-23(14)31-4-2-3-20(31)24(32)33/h9-13,20H,2-8H2,1H3,(H,28,29)(H,32,33). The average Bonchev–Trinajstić information content (AvgIpc) is 3.31. The molecule has 34 heavy (non-hydrogen) atoms. The van der Waals surface area contributed by atoms with Crippen LogP contribution >= 0.6 is 0 Å². The molecule has 178 valence electrons. The fourth-order valence-electron chi connectivity index (χ4n) is 4.74. The van der Waals surface area contributed by atoms with Gasteiger partial charge in [-0.3, -0.25) is 4.98 Å². The number of ether oxygens (including phenoxy) is 1. The molecule has 2 aliphatic rings. The molecule has 0 aliphatic carbocycles. The molecular formula is C24H25F2N5O3. The molecule has 2 aliphatic heterocycles. The van der Waals surface area contributed by atoms with Crippen molar-refractivity contribution in [2.24, 2.45) is 0 Å².